The van der Waals surface area contributed by atoms with Gasteiger partial charge in [0.25, 0.3) is 10.9 Å². The fourth-order valence-electron chi connectivity index (χ4n) is 2.17. The van der Waals surface area contributed by atoms with Crippen LogP contribution in [0.4, 0.5) is 11.4 Å². The van der Waals surface area contributed by atoms with Crippen LogP contribution < -0.4 is 5.32 Å². The zero-order valence-corrected chi connectivity index (χ0v) is 16.2. The van der Waals surface area contributed by atoms with Crippen LogP contribution in [0, 0.1) is 10.1 Å². The topological polar surface area (TPSA) is 111 Å². The maximum Gasteiger partial charge on any atom is 0.277 e. The lowest BCUT2D eigenvalue weighted by Gasteiger charge is -2.06. The van der Waals surface area contributed by atoms with Crippen LogP contribution in [0.25, 0.3) is 0 Å². The number of amides is 1. The third-order valence-corrected chi connectivity index (χ3v) is 4.89. The number of benzene rings is 2. The molecule has 0 atom stereocenters. The highest BCUT2D eigenvalue weighted by Gasteiger charge is 2.13. The second-order valence-electron chi connectivity index (χ2n) is 5.38. The van der Waals surface area contributed by atoms with Crippen LogP contribution in [0.2, 0.25) is 0 Å². The predicted molar refractivity (Wildman–Crippen MR) is 104 cm³/mol. The van der Waals surface area contributed by atoms with Crippen LogP contribution in [-0.4, -0.2) is 26.8 Å². The number of nitrogens with zero attached hydrogens (tertiary/aromatic N) is 3. The van der Waals surface area contributed by atoms with Crippen LogP contribution in [0.1, 0.15) is 11.5 Å². The molecule has 0 aliphatic rings. The first-order valence-corrected chi connectivity index (χ1v) is 9.52. The van der Waals surface area contributed by atoms with Gasteiger partial charge in [-0.1, -0.05) is 42.1 Å². The summed E-state index contributed by atoms with van der Waals surface area (Å²) in [5.74, 6) is 0.246. The first-order valence-electron chi connectivity index (χ1n) is 7.74. The van der Waals surface area contributed by atoms with Crippen molar-refractivity contribution >= 4 is 45.0 Å². The van der Waals surface area contributed by atoms with Gasteiger partial charge in [-0.15, -0.1) is 10.2 Å². The van der Waals surface area contributed by atoms with Crippen LogP contribution in [0.15, 0.2) is 62.6 Å². The Balaban J connectivity index is 1.53. The summed E-state index contributed by atoms with van der Waals surface area (Å²) in [7, 11) is 0. The number of anilines is 1. The third kappa shape index (κ3) is 5.38. The predicted octanol–water partition coefficient (Wildman–Crippen LogP) is 4.06. The zero-order chi connectivity index (χ0) is 19.2. The van der Waals surface area contributed by atoms with Crippen molar-refractivity contribution < 1.29 is 14.1 Å². The molecule has 0 bridgehead atoms. The minimum Gasteiger partial charge on any atom is -0.416 e. The molecule has 0 saturated carbocycles. The first kappa shape index (κ1) is 19.1. The van der Waals surface area contributed by atoms with E-state index in [1.54, 1.807) is 0 Å². The summed E-state index contributed by atoms with van der Waals surface area (Å²) in [6.45, 7) is 0. The number of hydrogen-bond acceptors (Lipinski definition) is 7. The molecule has 1 aromatic heterocycles. The van der Waals surface area contributed by atoms with Crippen LogP contribution in [0.3, 0.4) is 0 Å². The van der Waals surface area contributed by atoms with Gasteiger partial charge < -0.3 is 9.73 Å². The normalized spacial score (nSPS) is 10.6. The molecule has 0 aliphatic heterocycles. The summed E-state index contributed by atoms with van der Waals surface area (Å²) in [6.07, 6.45) is 0.524. The molecular formula is C17H13BrN4O4S. The standard InChI is InChI=1S/C17H13BrN4O4S/c18-13-9-12(22(24)25)6-7-14(13)19-15(23)10-27-17-21-20-16(26-17)8-11-4-2-1-3-5-11/h1-7,9H,8,10H2,(H,19,23). The smallest absolute Gasteiger partial charge is 0.277 e. The van der Waals surface area contributed by atoms with E-state index in [4.69, 9.17) is 4.42 Å². The van der Waals surface area contributed by atoms with Crippen molar-refractivity contribution in [2.45, 2.75) is 11.6 Å². The van der Waals surface area contributed by atoms with Crippen molar-refractivity contribution in [3.63, 3.8) is 0 Å². The highest BCUT2D eigenvalue weighted by molar-refractivity contribution is 9.10. The van der Waals surface area contributed by atoms with Crippen LogP contribution >= 0.6 is 27.7 Å². The summed E-state index contributed by atoms with van der Waals surface area (Å²) < 4.78 is 5.96. The maximum atomic E-state index is 12.1. The van der Waals surface area contributed by atoms with Crippen LogP contribution in [0.5, 0.6) is 0 Å². The number of aromatic nitrogens is 2. The van der Waals surface area contributed by atoms with Gasteiger partial charge in [0, 0.05) is 16.6 Å². The summed E-state index contributed by atoms with van der Waals surface area (Å²) in [4.78, 5) is 22.3. The number of hydrogen-bond donors (Lipinski definition) is 1. The van der Waals surface area contributed by atoms with Crippen molar-refractivity contribution in [2.75, 3.05) is 11.1 Å². The molecule has 1 heterocycles. The molecule has 0 spiro atoms. The second-order valence-corrected chi connectivity index (χ2v) is 7.16. The third-order valence-electron chi connectivity index (χ3n) is 3.41. The van der Waals surface area contributed by atoms with Crippen molar-refractivity contribution in [3.05, 3.63) is 74.6 Å². The highest BCUT2D eigenvalue weighted by Crippen LogP contribution is 2.27. The van der Waals surface area contributed by atoms with E-state index in [1.807, 2.05) is 30.3 Å². The van der Waals surface area contributed by atoms with E-state index in [2.05, 4.69) is 31.4 Å². The number of carbonyl (C=O) groups is 1. The molecule has 0 fully saturated rings. The minimum absolute atomic E-state index is 0.0638. The Morgan fingerprint density at radius 3 is 2.70 bits per heavy atom. The number of carbonyl (C=O) groups excluding carboxylic acids is 1. The molecule has 8 nitrogen and oxygen atoms in total. The zero-order valence-electron chi connectivity index (χ0n) is 13.8. The van der Waals surface area contributed by atoms with Crippen molar-refractivity contribution in [1.82, 2.24) is 10.2 Å². The fourth-order valence-corrected chi connectivity index (χ4v) is 3.22. The average molecular weight is 449 g/mol. The number of rotatable bonds is 7. The Labute approximate surface area is 166 Å². The molecule has 1 N–H and O–H groups in total. The first-order chi connectivity index (χ1) is 13.0. The van der Waals surface area contributed by atoms with Crippen molar-refractivity contribution in [1.29, 1.82) is 0 Å². The van der Waals surface area contributed by atoms with Crippen molar-refractivity contribution in [3.8, 4) is 0 Å². The number of nitro benzene ring substituents is 1. The second kappa shape index (κ2) is 8.78. The van der Waals surface area contributed by atoms with Crippen LogP contribution in [-0.2, 0) is 11.2 Å². The minimum atomic E-state index is -0.505. The number of nitro groups is 1. The molecule has 0 radical (unpaired) electrons. The lowest BCUT2D eigenvalue weighted by molar-refractivity contribution is -0.384. The van der Waals surface area contributed by atoms with Gasteiger partial charge >= 0.3 is 0 Å². The summed E-state index contributed by atoms with van der Waals surface area (Å²) in [5.41, 5.74) is 1.44. The number of thioether (sulfide) groups is 1. The fraction of sp³-hybridized carbons (Fsp3) is 0.118. The molecule has 10 heteroatoms. The van der Waals surface area contributed by atoms with E-state index in [1.165, 1.54) is 18.2 Å². The molecule has 2 aromatic carbocycles. The van der Waals surface area contributed by atoms with Crippen molar-refractivity contribution in [2.24, 2.45) is 0 Å². The SMILES string of the molecule is O=C(CSc1nnc(Cc2ccccc2)o1)Nc1ccc([N+](=O)[O-])cc1Br. The Morgan fingerprint density at radius 2 is 2.00 bits per heavy atom. The van der Waals surface area contributed by atoms with Gasteiger partial charge in [-0.2, -0.15) is 0 Å². The summed E-state index contributed by atoms with van der Waals surface area (Å²) in [6, 6.07) is 13.8. The highest BCUT2D eigenvalue weighted by atomic mass is 79.9. The Morgan fingerprint density at radius 1 is 1.22 bits per heavy atom. The molecule has 3 aromatic rings. The summed E-state index contributed by atoms with van der Waals surface area (Å²) in [5, 5.41) is 21.6. The Bertz CT molecular complexity index is 965. The van der Waals surface area contributed by atoms with E-state index < -0.39 is 4.92 Å². The Kier molecular flexibility index (Phi) is 6.20. The van der Waals surface area contributed by atoms with Gasteiger partial charge in [0.15, 0.2) is 0 Å². The van der Waals surface area contributed by atoms with E-state index in [9.17, 15) is 14.9 Å². The molecule has 27 heavy (non-hydrogen) atoms. The van der Waals surface area contributed by atoms with E-state index in [0.29, 0.717) is 27.7 Å². The lowest BCUT2D eigenvalue weighted by atomic mass is 10.2. The number of non-ortho nitro benzene ring substituents is 1. The van der Waals surface area contributed by atoms with Gasteiger partial charge in [0.05, 0.1) is 22.8 Å². The van der Waals surface area contributed by atoms with Gasteiger partial charge in [0.1, 0.15) is 0 Å². The van der Waals surface area contributed by atoms with Gasteiger partial charge in [-0.05, 0) is 27.6 Å². The van der Waals surface area contributed by atoms with E-state index >= 15 is 0 Å². The number of halogens is 1. The quantitative estimate of drug-likeness (QED) is 0.329. The molecule has 0 aliphatic carbocycles. The number of nitrogens with one attached hydrogen (secondary N) is 1. The molecule has 3 rings (SSSR count). The average Bonchev–Trinajstić information content (AvgIpc) is 3.10. The molecule has 1 amide bonds. The molecular weight excluding hydrogens is 436 g/mol. The van der Waals surface area contributed by atoms with Gasteiger partial charge in [0.2, 0.25) is 11.8 Å². The monoisotopic (exact) mass is 448 g/mol. The van der Waals surface area contributed by atoms with Gasteiger partial charge in [-0.3, -0.25) is 14.9 Å². The van der Waals surface area contributed by atoms with Gasteiger partial charge in [-0.25, -0.2) is 0 Å². The maximum absolute atomic E-state index is 12.1. The molecule has 0 saturated heterocycles. The summed E-state index contributed by atoms with van der Waals surface area (Å²) >= 11 is 4.33. The largest absolute Gasteiger partial charge is 0.416 e. The lowest BCUT2D eigenvalue weighted by Crippen LogP contribution is -2.14. The Hall–Kier alpha value is -2.72. The molecule has 138 valence electrons. The molecule has 0 unspecified atom stereocenters. The van der Waals surface area contributed by atoms with E-state index in [-0.39, 0.29) is 17.3 Å². The van der Waals surface area contributed by atoms with E-state index in [0.717, 1.165) is 17.3 Å².